The van der Waals surface area contributed by atoms with Gasteiger partial charge >= 0.3 is 6.18 Å². The highest BCUT2D eigenvalue weighted by atomic mass is 19.4. The van der Waals surface area contributed by atoms with Crippen LogP contribution in [-0.2, 0) is 10.4 Å². The Morgan fingerprint density at radius 3 is 2.53 bits per heavy atom. The molecule has 0 spiro atoms. The number of fused-ring (bicyclic) bond motifs is 1. The molecular formula is C12H12F3NO3. The Hall–Kier alpha value is -1.76. The van der Waals surface area contributed by atoms with Crippen molar-refractivity contribution in [1.29, 1.82) is 0 Å². The van der Waals surface area contributed by atoms with Gasteiger partial charge in [-0.2, -0.15) is 13.2 Å². The van der Waals surface area contributed by atoms with Crippen LogP contribution in [0.2, 0.25) is 0 Å². The summed E-state index contributed by atoms with van der Waals surface area (Å²) in [4.78, 5) is 11.4. The van der Waals surface area contributed by atoms with Crippen LogP contribution in [0, 0.1) is 0 Å². The Balaban J connectivity index is 2.47. The third kappa shape index (κ3) is 2.03. The summed E-state index contributed by atoms with van der Waals surface area (Å²) in [7, 11) is 0. The predicted molar refractivity (Wildman–Crippen MR) is 60.8 cm³/mol. The minimum Gasteiger partial charge on any atom is -0.491 e. The molecule has 0 saturated heterocycles. The van der Waals surface area contributed by atoms with Crippen molar-refractivity contribution in [2.24, 2.45) is 0 Å². The van der Waals surface area contributed by atoms with Crippen LogP contribution in [-0.4, -0.2) is 23.3 Å². The largest absolute Gasteiger partial charge is 0.491 e. The Morgan fingerprint density at radius 1 is 1.37 bits per heavy atom. The molecule has 1 aliphatic rings. The molecule has 1 heterocycles. The van der Waals surface area contributed by atoms with Gasteiger partial charge in [-0.25, -0.2) is 0 Å². The van der Waals surface area contributed by atoms with Crippen LogP contribution in [0.1, 0.15) is 19.4 Å². The summed E-state index contributed by atoms with van der Waals surface area (Å²) in [6.07, 6.45) is -5.24. The van der Waals surface area contributed by atoms with Crippen LogP contribution >= 0.6 is 0 Å². The SMILES string of the molecule is CC(C)Oc1ccc2c(c1)NC(=O)[C@]2(O)C(F)(F)F. The van der Waals surface area contributed by atoms with Crippen molar-refractivity contribution in [3.8, 4) is 5.75 Å². The maximum absolute atomic E-state index is 12.8. The normalized spacial score (nSPS) is 22.4. The molecule has 19 heavy (non-hydrogen) atoms. The summed E-state index contributed by atoms with van der Waals surface area (Å²) in [5.41, 5.74) is -4.11. The zero-order valence-electron chi connectivity index (χ0n) is 10.2. The van der Waals surface area contributed by atoms with Gasteiger partial charge in [-0.1, -0.05) is 0 Å². The zero-order valence-corrected chi connectivity index (χ0v) is 10.2. The fourth-order valence-corrected chi connectivity index (χ4v) is 1.90. The van der Waals surface area contributed by atoms with Gasteiger partial charge in [0, 0.05) is 11.6 Å². The van der Waals surface area contributed by atoms with Crippen LogP contribution in [0.25, 0.3) is 0 Å². The molecule has 0 aromatic heterocycles. The number of ether oxygens (including phenoxy) is 1. The van der Waals surface area contributed by atoms with Gasteiger partial charge in [0.1, 0.15) is 5.75 Å². The average molecular weight is 275 g/mol. The molecule has 4 nitrogen and oxygen atoms in total. The van der Waals surface area contributed by atoms with Crippen molar-refractivity contribution in [3.05, 3.63) is 23.8 Å². The van der Waals surface area contributed by atoms with E-state index in [1.807, 2.05) is 5.32 Å². The van der Waals surface area contributed by atoms with Crippen LogP contribution in [0.5, 0.6) is 5.75 Å². The van der Waals surface area contributed by atoms with Crippen molar-refractivity contribution in [1.82, 2.24) is 0 Å². The number of amides is 1. The van der Waals surface area contributed by atoms with Crippen molar-refractivity contribution < 1.29 is 27.8 Å². The van der Waals surface area contributed by atoms with Crippen molar-refractivity contribution in [2.75, 3.05) is 5.32 Å². The molecule has 2 N–H and O–H groups in total. The van der Waals surface area contributed by atoms with E-state index in [1.54, 1.807) is 13.8 Å². The lowest BCUT2D eigenvalue weighted by Gasteiger charge is -2.23. The lowest BCUT2D eigenvalue weighted by atomic mass is 9.95. The second-order valence-electron chi connectivity index (χ2n) is 4.54. The first-order valence-corrected chi connectivity index (χ1v) is 5.58. The third-order valence-corrected chi connectivity index (χ3v) is 2.74. The van der Waals surface area contributed by atoms with Gasteiger partial charge in [-0.05, 0) is 26.0 Å². The molecule has 1 aromatic carbocycles. The number of hydrogen-bond donors (Lipinski definition) is 2. The van der Waals surface area contributed by atoms with E-state index >= 15 is 0 Å². The van der Waals surface area contributed by atoms with E-state index in [4.69, 9.17) is 4.74 Å². The van der Waals surface area contributed by atoms with Gasteiger partial charge in [0.2, 0.25) is 0 Å². The predicted octanol–water partition coefficient (Wildman–Crippen LogP) is 2.18. The van der Waals surface area contributed by atoms with Crippen LogP contribution < -0.4 is 10.1 Å². The Kier molecular flexibility index (Phi) is 2.97. The highest BCUT2D eigenvalue weighted by Crippen LogP contribution is 2.47. The van der Waals surface area contributed by atoms with Gasteiger partial charge in [-0.3, -0.25) is 4.79 Å². The summed E-state index contributed by atoms with van der Waals surface area (Å²) < 4.78 is 43.8. The van der Waals surface area contributed by atoms with Crippen LogP contribution in [0.4, 0.5) is 18.9 Å². The molecule has 2 rings (SSSR count). The number of aliphatic hydroxyl groups is 1. The molecule has 0 fully saturated rings. The maximum Gasteiger partial charge on any atom is 0.430 e. The number of anilines is 1. The number of carbonyl (C=O) groups excluding carboxylic acids is 1. The number of rotatable bonds is 2. The molecule has 0 bridgehead atoms. The highest BCUT2D eigenvalue weighted by molar-refractivity contribution is 6.05. The summed E-state index contributed by atoms with van der Waals surface area (Å²) >= 11 is 0. The molecule has 1 aliphatic heterocycles. The summed E-state index contributed by atoms with van der Waals surface area (Å²) in [6, 6.07) is 3.59. The zero-order chi connectivity index (χ0) is 14.4. The summed E-state index contributed by atoms with van der Waals surface area (Å²) in [6.45, 7) is 3.52. The Labute approximate surface area is 107 Å². The van der Waals surface area contributed by atoms with Gasteiger partial charge in [-0.15, -0.1) is 0 Å². The molecule has 104 valence electrons. The fourth-order valence-electron chi connectivity index (χ4n) is 1.90. The topological polar surface area (TPSA) is 58.6 Å². The van der Waals surface area contributed by atoms with Gasteiger partial charge in [0.15, 0.2) is 0 Å². The van der Waals surface area contributed by atoms with Gasteiger partial charge in [0.05, 0.1) is 11.8 Å². The van der Waals surface area contributed by atoms with Crippen molar-refractivity contribution in [2.45, 2.75) is 31.7 Å². The van der Waals surface area contributed by atoms with Crippen LogP contribution in [0.3, 0.4) is 0 Å². The number of halogens is 3. The van der Waals surface area contributed by atoms with Crippen molar-refractivity contribution >= 4 is 11.6 Å². The standard InChI is InChI=1S/C12H12F3NO3/c1-6(2)19-7-3-4-8-9(5-7)16-10(17)11(8,18)12(13,14)15/h3-6,18H,1-2H3,(H,16,17)/t11-/m0/s1. The Bertz CT molecular complexity index is 527. The van der Waals surface area contributed by atoms with E-state index < -0.39 is 23.2 Å². The van der Waals surface area contributed by atoms with E-state index in [9.17, 15) is 23.1 Å². The Morgan fingerprint density at radius 2 is 2.00 bits per heavy atom. The quantitative estimate of drug-likeness (QED) is 0.869. The van der Waals surface area contributed by atoms with E-state index in [0.717, 1.165) is 6.07 Å². The fraction of sp³-hybridized carbons (Fsp3) is 0.417. The number of hydrogen-bond acceptors (Lipinski definition) is 3. The van der Waals surface area contributed by atoms with Gasteiger partial charge in [0.25, 0.3) is 11.5 Å². The lowest BCUT2D eigenvalue weighted by Crippen LogP contribution is -2.47. The molecule has 1 atom stereocenters. The molecular weight excluding hydrogens is 263 g/mol. The summed E-state index contributed by atoms with van der Waals surface area (Å²) in [5.74, 6) is -1.18. The third-order valence-electron chi connectivity index (χ3n) is 2.74. The minimum atomic E-state index is -5.08. The first-order chi connectivity index (χ1) is 8.66. The number of nitrogens with one attached hydrogen (secondary N) is 1. The monoisotopic (exact) mass is 275 g/mol. The maximum atomic E-state index is 12.8. The smallest absolute Gasteiger partial charge is 0.430 e. The second kappa shape index (κ2) is 4.12. The first-order valence-electron chi connectivity index (χ1n) is 5.58. The van der Waals surface area contributed by atoms with Crippen molar-refractivity contribution in [3.63, 3.8) is 0 Å². The van der Waals surface area contributed by atoms with Gasteiger partial charge < -0.3 is 15.2 Å². The number of benzene rings is 1. The molecule has 0 aliphatic carbocycles. The molecule has 1 aromatic rings. The molecule has 0 radical (unpaired) electrons. The first kappa shape index (κ1) is 13.7. The van der Waals surface area contributed by atoms with E-state index in [0.29, 0.717) is 5.75 Å². The second-order valence-corrected chi connectivity index (χ2v) is 4.54. The summed E-state index contributed by atoms with van der Waals surface area (Å²) in [5, 5.41) is 11.7. The molecule has 0 saturated carbocycles. The average Bonchev–Trinajstić information content (AvgIpc) is 2.50. The highest BCUT2D eigenvalue weighted by Gasteiger charge is 2.64. The molecule has 0 unspecified atom stereocenters. The van der Waals surface area contributed by atoms with Crippen LogP contribution in [0.15, 0.2) is 18.2 Å². The van der Waals surface area contributed by atoms with E-state index in [1.165, 1.54) is 12.1 Å². The number of carbonyl (C=O) groups is 1. The lowest BCUT2D eigenvalue weighted by molar-refractivity contribution is -0.252. The van der Waals surface area contributed by atoms with E-state index in [-0.39, 0.29) is 11.8 Å². The molecule has 7 heteroatoms. The number of alkyl halides is 3. The minimum absolute atomic E-state index is 0.0945. The molecule has 1 amide bonds. The van der Waals surface area contributed by atoms with E-state index in [2.05, 4.69) is 0 Å².